The maximum absolute atomic E-state index is 11.6. The highest BCUT2D eigenvalue weighted by Gasteiger charge is 2.11. The normalized spacial score (nSPS) is 10.1. The molecule has 0 aromatic heterocycles. The number of carbonyl (C=O) groups excluding carboxylic acids is 1. The van der Waals surface area contributed by atoms with Gasteiger partial charge in [0.1, 0.15) is 6.61 Å². The topological polar surface area (TPSA) is 61.5 Å². The van der Waals surface area contributed by atoms with Gasteiger partial charge in [0, 0.05) is 15.9 Å². The number of hydrogen-bond donors (Lipinski definition) is 1. The third-order valence-corrected chi connectivity index (χ3v) is 2.57. The Morgan fingerprint density at radius 3 is 2.88 bits per heavy atom. The third kappa shape index (κ3) is 3.97. The van der Waals surface area contributed by atoms with Gasteiger partial charge >= 0.3 is 5.97 Å². The molecule has 0 heterocycles. The van der Waals surface area contributed by atoms with E-state index in [1.165, 1.54) is 0 Å². The molecule has 0 radical (unpaired) electrons. The first-order chi connectivity index (χ1) is 7.65. The first-order valence-electron chi connectivity index (χ1n) is 4.95. The lowest BCUT2D eigenvalue weighted by Crippen LogP contribution is -2.12. The number of hydrogen-bond acceptors (Lipinski definition) is 4. The van der Waals surface area contributed by atoms with Gasteiger partial charge in [-0.15, -0.1) is 0 Å². The fourth-order valence-corrected chi connectivity index (χ4v) is 1.61. The highest BCUT2D eigenvalue weighted by molar-refractivity contribution is 14.1. The standard InChI is InChI=1S/C11H14INO3/c1-2-15-5-6-16-11(14)9-7-8(12)3-4-10(9)13/h3-4,7H,2,5-6,13H2,1H3. The van der Waals surface area contributed by atoms with Crippen LogP contribution in [0.25, 0.3) is 0 Å². The molecule has 0 atom stereocenters. The van der Waals surface area contributed by atoms with Crippen LogP contribution in [-0.4, -0.2) is 25.8 Å². The number of nitrogen functional groups attached to an aromatic ring is 1. The maximum atomic E-state index is 11.6. The second-order valence-electron chi connectivity index (χ2n) is 3.06. The largest absolute Gasteiger partial charge is 0.460 e. The Bertz CT molecular complexity index is 368. The van der Waals surface area contributed by atoms with Gasteiger partial charge in [0.2, 0.25) is 0 Å². The van der Waals surface area contributed by atoms with Crippen LogP contribution in [0.5, 0.6) is 0 Å². The minimum atomic E-state index is -0.407. The van der Waals surface area contributed by atoms with Crippen molar-refractivity contribution in [2.75, 3.05) is 25.6 Å². The van der Waals surface area contributed by atoms with Crippen LogP contribution in [0.1, 0.15) is 17.3 Å². The molecule has 0 saturated carbocycles. The Labute approximate surface area is 108 Å². The monoisotopic (exact) mass is 335 g/mol. The van der Waals surface area contributed by atoms with Crippen molar-refractivity contribution in [1.29, 1.82) is 0 Å². The Balaban J connectivity index is 2.55. The Kier molecular flexibility index (Phi) is 5.54. The van der Waals surface area contributed by atoms with E-state index >= 15 is 0 Å². The van der Waals surface area contributed by atoms with Gasteiger partial charge in [0.15, 0.2) is 0 Å². The van der Waals surface area contributed by atoms with Crippen LogP contribution >= 0.6 is 22.6 Å². The number of benzene rings is 1. The molecule has 1 aromatic carbocycles. The second kappa shape index (κ2) is 6.70. The third-order valence-electron chi connectivity index (χ3n) is 1.90. The van der Waals surface area contributed by atoms with Crippen LogP contribution < -0.4 is 5.73 Å². The van der Waals surface area contributed by atoms with Crippen molar-refractivity contribution in [1.82, 2.24) is 0 Å². The van der Waals surface area contributed by atoms with E-state index in [0.717, 1.165) is 3.57 Å². The zero-order valence-corrected chi connectivity index (χ0v) is 11.2. The summed E-state index contributed by atoms with van der Waals surface area (Å²) in [6.07, 6.45) is 0. The minimum absolute atomic E-state index is 0.248. The first kappa shape index (κ1) is 13.2. The molecule has 0 saturated heterocycles. The molecule has 0 amide bonds. The fraction of sp³-hybridized carbons (Fsp3) is 0.364. The van der Waals surface area contributed by atoms with Gasteiger partial charge < -0.3 is 15.2 Å². The van der Waals surface area contributed by atoms with Crippen molar-refractivity contribution in [2.45, 2.75) is 6.92 Å². The molecule has 0 fully saturated rings. The molecule has 1 rings (SSSR count). The van der Waals surface area contributed by atoms with Gasteiger partial charge in [-0.25, -0.2) is 4.79 Å². The summed E-state index contributed by atoms with van der Waals surface area (Å²) < 4.78 is 11.0. The summed E-state index contributed by atoms with van der Waals surface area (Å²) in [6.45, 7) is 3.16. The molecule has 0 bridgehead atoms. The molecule has 2 N–H and O–H groups in total. The fourth-order valence-electron chi connectivity index (χ4n) is 1.12. The second-order valence-corrected chi connectivity index (χ2v) is 4.31. The van der Waals surface area contributed by atoms with E-state index in [4.69, 9.17) is 15.2 Å². The van der Waals surface area contributed by atoms with Gasteiger partial charge in [-0.05, 0) is 47.7 Å². The summed E-state index contributed by atoms with van der Waals surface area (Å²) in [7, 11) is 0. The van der Waals surface area contributed by atoms with E-state index < -0.39 is 5.97 Å². The van der Waals surface area contributed by atoms with Crippen LogP contribution in [-0.2, 0) is 9.47 Å². The highest BCUT2D eigenvalue weighted by atomic mass is 127. The average molecular weight is 335 g/mol. The van der Waals surface area contributed by atoms with Gasteiger partial charge in [-0.2, -0.15) is 0 Å². The minimum Gasteiger partial charge on any atom is -0.460 e. The van der Waals surface area contributed by atoms with Gasteiger partial charge in [-0.3, -0.25) is 0 Å². The van der Waals surface area contributed by atoms with Crippen molar-refractivity contribution in [3.05, 3.63) is 27.3 Å². The number of ether oxygens (including phenoxy) is 2. The van der Waals surface area contributed by atoms with Crippen molar-refractivity contribution in [3.63, 3.8) is 0 Å². The van der Waals surface area contributed by atoms with Crippen molar-refractivity contribution in [2.24, 2.45) is 0 Å². The van der Waals surface area contributed by atoms with Gasteiger partial charge in [0.05, 0.1) is 12.2 Å². The van der Waals surface area contributed by atoms with Crippen molar-refractivity contribution >= 4 is 34.2 Å². The summed E-state index contributed by atoms with van der Waals surface area (Å²) in [6, 6.07) is 5.24. The number of esters is 1. The van der Waals surface area contributed by atoms with E-state index in [0.29, 0.717) is 24.5 Å². The number of halogens is 1. The smallest absolute Gasteiger partial charge is 0.340 e. The molecule has 1 aromatic rings. The lowest BCUT2D eigenvalue weighted by atomic mass is 10.2. The summed E-state index contributed by atoms with van der Waals surface area (Å²) >= 11 is 2.12. The van der Waals surface area contributed by atoms with E-state index in [1.54, 1.807) is 12.1 Å². The van der Waals surface area contributed by atoms with Crippen molar-refractivity contribution in [3.8, 4) is 0 Å². The maximum Gasteiger partial charge on any atom is 0.340 e. The molecule has 16 heavy (non-hydrogen) atoms. The quantitative estimate of drug-likeness (QED) is 0.387. The summed E-state index contributed by atoms with van der Waals surface area (Å²) in [5.74, 6) is -0.407. The molecule has 4 nitrogen and oxygen atoms in total. The van der Waals surface area contributed by atoms with Crippen LogP contribution in [0, 0.1) is 3.57 Å². The average Bonchev–Trinajstić information content (AvgIpc) is 2.27. The zero-order chi connectivity index (χ0) is 12.0. The molecule has 0 spiro atoms. The van der Waals surface area contributed by atoms with Crippen LogP contribution in [0.3, 0.4) is 0 Å². The molecule has 0 unspecified atom stereocenters. The SMILES string of the molecule is CCOCCOC(=O)c1cc(I)ccc1N. The number of rotatable bonds is 5. The number of nitrogens with two attached hydrogens (primary N) is 1. The summed E-state index contributed by atoms with van der Waals surface area (Å²) in [5.41, 5.74) is 6.52. The van der Waals surface area contributed by atoms with E-state index in [1.807, 2.05) is 13.0 Å². The van der Waals surface area contributed by atoms with Gasteiger partial charge in [0.25, 0.3) is 0 Å². The van der Waals surface area contributed by atoms with E-state index in [-0.39, 0.29) is 6.61 Å². The number of carbonyl (C=O) groups is 1. The lowest BCUT2D eigenvalue weighted by molar-refractivity contribution is 0.0336. The zero-order valence-electron chi connectivity index (χ0n) is 9.03. The highest BCUT2D eigenvalue weighted by Crippen LogP contribution is 2.16. The van der Waals surface area contributed by atoms with Gasteiger partial charge in [-0.1, -0.05) is 0 Å². The number of anilines is 1. The Morgan fingerprint density at radius 2 is 2.19 bits per heavy atom. The van der Waals surface area contributed by atoms with E-state index in [9.17, 15) is 4.79 Å². The summed E-state index contributed by atoms with van der Waals surface area (Å²) in [4.78, 5) is 11.6. The van der Waals surface area contributed by atoms with Crippen LogP contribution in [0.2, 0.25) is 0 Å². The molecule has 0 aliphatic heterocycles. The molecular formula is C11H14INO3. The van der Waals surface area contributed by atoms with Crippen LogP contribution in [0.4, 0.5) is 5.69 Å². The molecule has 5 heteroatoms. The predicted octanol–water partition coefficient (Wildman–Crippen LogP) is 2.07. The van der Waals surface area contributed by atoms with Crippen LogP contribution in [0.15, 0.2) is 18.2 Å². The molecular weight excluding hydrogens is 321 g/mol. The predicted molar refractivity (Wildman–Crippen MR) is 70.3 cm³/mol. The molecule has 0 aliphatic rings. The van der Waals surface area contributed by atoms with E-state index in [2.05, 4.69) is 22.6 Å². The summed E-state index contributed by atoms with van der Waals surface area (Å²) in [5, 5.41) is 0. The Morgan fingerprint density at radius 1 is 1.44 bits per heavy atom. The molecule has 0 aliphatic carbocycles. The Hall–Kier alpha value is -0.820. The van der Waals surface area contributed by atoms with Crippen molar-refractivity contribution < 1.29 is 14.3 Å². The lowest BCUT2D eigenvalue weighted by Gasteiger charge is -2.07. The molecule has 88 valence electrons. The first-order valence-corrected chi connectivity index (χ1v) is 6.03.